The molecule has 10 heteroatoms. The van der Waals surface area contributed by atoms with Gasteiger partial charge in [-0.3, -0.25) is 4.79 Å². The number of pyridine rings is 1. The zero-order valence-corrected chi connectivity index (χ0v) is 23.7. The molecule has 2 atom stereocenters. The fraction of sp³-hybridized carbons (Fsp3) is 0.364. The van der Waals surface area contributed by atoms with Crippen LogP contribution in [-0.2, 0) is 48.1 Å². The molecular formula is C33H32F3N3O4. The molecule has 3 heterocycles. The highest BCUT2D eigenvalue weighted by Gasteiger charge is 2.48. The Morgan fingerprint density at radius 2 is 1.81 bits per heavy atom. The van der Waals surface area contributed by atoms with E-state index in [2.05, 4.69) is 5.32 Å². The van der Waals surface area contributed by atoms with E-state index in [4.69, 9.17) is 9.72 Å². The van der Waals surface area contributed by atoms with Crippen LogP contribution in [0, 0.1) is 5.92 Å². The number of amides is 1. The summed E-state index contributed by atoms with van der Waals surface area (Å²) in [5.41, 5.74) is 3.67. The summed E-state index contributed by atoms with van der Waals surface area (Å²) >= 11 is 0. The van der Waals surface area contributed by atoms with Gasteiger partial charge in [-0.2, -0.15) is 13.2 Å². The SMILES string of the molecule is CCOC(=O)c1c(CCc2ccc(C(F)(F)F)cc2)nc2c3n(c(O)c2c1C1CC1C(=O)NCc1ccccc1)CCC3. The third kappa shape index (κ3) is 5.58. The van der Waals surface area contributed by atoms with Crippen molar-refractivity contribution in [1.82, 2.24) is 14.9 Å². The van der Waals surface area contributed by atoms with Gasteiger partial charge in [0.1, 0.15) is 0 Å². The smallest absolute Gasteiger partial charge is 0.416 e. The summed E-state index contributed by atoms with van der Waals surface area (Å²) in [5, 5.41) is 14.8. The van der Waals surface area contributed by atoms with Gasteiger partial charge in [0.15, 0.2) is 0 Å². The number of hydrogen-bond acceptors (Lipinski definition) is 5. The number of aromatic hydroxyl groups is 1. The highest BCUT2D eigenvalue weighted by molar-refractivity contribution is 6.03. The molecule has 1 saturated carbocycles. The van der Waals surface area contributed by atoms with Gasteiger partial charge in [-0.25, -0.2) is 9.78 Å². The number of esters is 1. The molecule has 2 N–H and O–H groups in total. The molecule has 1 aliphatic carbocycles. The van der Waals surface area contributed by atoms with E-state index in [1.165, 1.54) is 12.1 Å². The minimum atomic E-state index is -4.43. The van der Waals surface area contributed by atoms with E-state index in [1.807, 2.05) is 34.9 Å². The van der Waals surface area contributed by atoms with E-state index in [9.17, 15) is 27.9 Å². The Balaban J connectivity index is 1.37. The van der Waals surface area contributed by atoms with Gasteiger partial charge < -0.3 is 19.7 Å². The minimum Gasteiger partial charge on any atom is -0.494 e. The molecule has 2 aromatic heterocycles. The Bertz CT molecular complexity index is 1680. The zero-order valence-electron chi connectivity index (χ0n) is 23.7. The number of nitrogens with zero attached hydrogens (tertiary/aromatic N) is 2. The summed E-state index contributed by atoms with van der Waals surface area (Å²) in [6.07, 6.45) is -1.74. The maximum absolute atomic E-state index is 13.5. The molecule has 6 rings (SSSR count). The van der Waals surface area contributed by atoms with Gasteiger partial charge in [0.2, 0.25) is 11.8 Å². The van der Waals surface area contributed by atoms with Gasteiger partial charge in [-0.05, 0) is 73.8 Å². The van der Waals surface area contributed by atoms with Crippen molar-refractivity contribution >= 4 is 22.8 Å². The van der Waals surface area contributed by atoms with Crippen LogP contribution in [-0.4, -0.2) is 33.1 Å². The summed E-state index contributed by atoms with van der Waals surface area (Å²) in [6, 6.07) is 14.5. The third-order valence-corrected chi connectivity index (χ3v) is 8.40. The molecule has 0 spiro atoms. The number of carbonyl (C=O) groups excluding carboxylic acids is 2. The predicted octanol–water partition coefficient (Wildman–Crippen LogP) is 6.09. The molecule has 0 saturated heterocycles. The molecule has 1 amide bonds. The first-order chi connectivity index (χ1) is 20.7. The predicted molar refractivity (Wildman–Crippen MR) is 154 cm³/mol. The summed E-state index contributed by atoms with van der Waals surface area (Å²) in [7, 11) is 0. The first-order valence-electron chi connectivity index (χ1n) is 14.6. The van der Waals surface area contributed by atoms with Crippen LogP contribution in [0.5, 0.6) is 5.88 Å². The van der Waals surface area contributed by atoms with Gasteiger partial charge in [0.05, 0.1) is 34.3 Å². The largest absolute Gasteiger partial charge is 0.494 e. The molecule has 1 aliphatic heterocycles. The van der Waals surface area contributed by atoms with Gasteiger partial charge in [-0.15, -0.1) is 0 Å². The Morgan fingerprint density at radius 3 is 2.51 bits per heavy atom. The number of aryl methyl sites for hydroxylation is 3. The number of carbonyl (C=O) groups is 2. The summed E-state index contributed by atoms with van der Waals surface area (Å²) < 4.78 is 46.5. The van der Waals surface area contributed by atoms with Crippen molar-refractivity contribution in [3.8, 4) is 5.88 Å². The average Bonchev–Trinajstić information content (AvgIpc) is 3.56. The van der Waals surface area contributed by atoms with Crippen LogP contribution in [0.25, 0.3) is 10.9 Å². The van der Waals surface area contributed by atoms with E-state index in [-0.39, 0.29) is 42.2 Å². The van der Waals surface area contributed by atoms with Gasteiger partial charge in [0, 0.05) is 24.7 Å². The molecule has 1 fully saturated rings. The Labute approximate surface area is 246 Å². The topological polar surface area (TPSA) is 93.4 Å². The molecule has 0 radical (unpaired) electrons. The second-order valence-corrected chi connectivity index (χ2v) is 11.2. The van der Waals surface area contributed by atoms with E-state index < -0.39 is 17.7 Å². The molecule has 0 bridgehead atoms. The number of rotatable bonds is 9. The first kappa shape index (κ1) is 28.8. The minimum absolute atomic E-state index is 0.0418. The van der Waals surface area contributed by atoms with Gasteiger partial charge in [-0.1, -0.05) is 42.5 Å². The van der Waals surface area contributed by atoms with Crippen molar-refractivity contribution in [2.45, 2.75) is 64.2 Å². The second kappa shape index (κ2) is 11.4. The molecule has 7 nitrogen and oxygen atoms in total. The number of halogens is 3. The molecule has 43 heavy (non-hydrogen) atoms. The quantitative estimate of drug-likeness (QED) is 0.230. The molecule has 2 unspecified atom stereocenters. The monoisotopic (exact) mass is 591 g/mol. The maximum atomic E-state index is 13.5. The van der Waals surface area contributed by atoms with Crippen LogP contribution in [0.2, 0.25) is 0 Å². The fourth-order valence-corrected chi connectivity index (χ4v) is 6.21. The third-order valence-electron chi connectivity index (χ3n) is 8.40. The average molecular weight is 592 g/mol. The lowest BCUT2D eigenvalue weighted by molar-refractivity contribution is -0.137. The normalized spacial score (nSPS) is 17.6. The number of ether oxygens (including phenoxy) is 1. The molecule has 2 aliphatic rings. The van der Waals surface area contributed by atoms with E-state index in [0.29, 0.717) is 60.1 Å². The molecule has 4 aromatic rings. The Morgan fingerprint density at radius 1 is 1.07 bits per heavy atom. The van der Waals surface area contributed by atoms with Crippen LogP contribution in [0.3, 0.4) is 0 Å². The van der Waals surface area contributed by atoms with Crippen LogP contribution < -0.4 is 5.32 Å². The fourth-order valence-electron chi connectivity index (χ4n) is 6.21. The Hall–Kier alpha value is -4.34. The number of alkyl halides is 3. The summed E-state index contributed by atoms with van der Waals surface area (Å²) in [5.74, 6) is -1.39. The van der Waals surface area contributed by atoms with Gasteiger partial charge >= 0.3 is 12.1 Å². The first-order valence-corrected chi connectivity index (χ1v) is 14.6. The molecule has 224 valence electrons. The van der Waals surface area contributed by atoms with E-state index in [1.54, 1.807) is 6.92 Å². The maximum Gasteiger partial charge on any atom is 0.416 e. The van der Waals surface area contributed by atoms with Crippen molar-refractivity contribution in [1.29, 1.82) is 0 Å². The summed E-state index contributed by atoms with van der Waals surface area (Å²) in [4.78, 5) is 31.7. The molecule has 2 aromatic carbocycles. The van der Waals surface area contributed by atoms with Crippen LogP contribution in [0.4, 0.5) is 13.2 Å². The highest BCUT2D eigenvalue weighted by atomic mass is 19.4. The lowest BCUT2D eigenvalue weighted by Gasteiger charge is -2.16. The van der Waals surface area contributed by atoms with Crippen molar-refractivity contribution in [2.75, 3.05) is 6.61 Å². The van der Waals surface area contributed by atoms with Crippen molar-refractivity contribution in [2.24, 2.45) is 5.92 Å². The van der Waals surface area contributed by atoms with Crippen LogP contribution >= 0.6 is 0 Å². The van der Waals surface area contributed by atoms with E-state index >= 15 is 0 Å². The highest BCUT2D eigenvalue weighted by Crippen LogP contribution is 2.54. The number of fused-ring (bicyclic) bond motifs is 3. The second-order valence-electron chi connectivity index (χ2n) is 11.2. The molecular weight excluding hydrogens is 559 g/mol. The lowest BCUT2D eigenvalue weighted by atomic mass is 9.93. The van der Waals surface area contributed by atoms with Crippen LogP contribution in [0.15, 0.2) is 54.6 Å². The summed E-state index contributed by atoms with van der Waals surface area (Å²) in [6.45, 7) is 2.83. The number of benzene rings is 2. The zero-order chi connectivity index (χ0) is 30.3. The van der Waals surface area contributed by atoms with Crippen LogP contribution in [0.1, 0.15) is 69.7 Å². The number of aromatic nitrogens is 2. The standard InChI is InChI=1S/C33H32F3N3O4/c1-2-43-32(42)27-24(15-12-19-10-13-21(14-11-19)33(34,35)36)38-29-25-9-6-16-39(25)31(41)28(29)26(27)22-17-23(22)30(40)37-18-20-7-4-3-5-8-20/h3-5,7-8,10-11,13-14,22-23,41H,2,6,9,12,15-18H2,1H3,(H,37,40). The lowest BCUT2D eigenvalue weighted by Crippen LogP contribution is -2.25. The van der Waals surface area contributed by atoms with E-state index in [0.717, 1.165) is 29.8 Å². The van der Waals surface area contributed by atoms with Crippen molar-refractivity contribution < 1.29 is 32.6 Å². The van der Waals surface area contributed by atoms with Crippen molar-refractivity contribution in [3.63, 3.8) is 0 Å². The van der Waals surface area contributed by atoms with Gasteiger partial charge in [0.25, 0.3) is 0 Å². The number of hydrogen-bond donors (Lipinski definition) is 2. The number of nitrogens with one attached hydrogen (secondary N) is 1. The Kier molecular flexibility index (Phi) is 7.62. The van der Waals surface area contributed by atoms with Crippen molar-refractivity contribution in [3.05, 3.63) is 93.8 Å².